The van der Waals surface area contributed by atoms with Gasteiger partial charge in [-0.15, -0.1) is 0 Å². The van der Waals surface area contributed by atoms with Crippen LogP contribution in [0.3, 0.4) is 0 Å². The summed E-state index contributed by atoms with van der Waals surface area (Å²) in [5.74, 6) is 0. The van der Waals surface area contributed by atoms with Crippen molar-refractivity contribution in [3.8, 4) is 11.1 Å². The summed E-state index contributed by atoms with van der Waals surface area (Å²) < 4.78 is 2.08. The molecule has 0 atom stereocenters. The third-order valence-corrected chi connectivity index (χ3v) is 3.80. The van der Waals surface area contributed by atoms with Crippen molar-refractivity contribution < 1.29 is 0 Å². The molecule has 4 aromatic rings. The van der Waals surface area contributed by atoms with Crippen LogP contribution in [0.4, 0.5) is 0 Å². The second-order valence-electron chi connectivity index (χ2n) is 4.74. The molecule has 2 heterocycles. The van der Waals surface area contributed by atoms with E-state index in [2.05, 4.69) is 33.7 Å². The fraction of sp³-hybridized carbons (Fsp3) is 0. The van der Waals surface area contributed by atoms with E-state index >= 15 is 0 Å². The molecule has 0 saturated carbocycles. The number of hydrogen-bond donors (Lipinski definition) is 0. The van der Waals surface area contributed by atoms with Gasteiger partial charge in [0.2, 0.25) is 0 Å². The van der Waals surface area contributed by atoms with E-state index in [1.54, 1.807) is 0 Å². The molecule has 0 radical (unpaired) electrons. The Bertz CT molecular complexity index is 910. The monoisotopic (exact) mass is 278 g/mol. The lowest BCUT2D eigenvalue weighted by Gasteiger charge is -2.07. The number of hydrogen-bond acceptors (Lipinski definition) is 1. The first-order valence-electron chi connectivity index (χ1n) is 6.45. The summed E-state index contributed by atoms with van der Waals surface area (Å²) in [6.07, 6.45) is 2.01. The van der Waals surface area contributed by atoms with Gasteiger partial charge in [-0.3, -0.25) is 0 Å². The number of benzene rings is 2. The molecule has 0 aliphatic carbocycles. The predicted octanol–water partition coefficient (Wildman–Crippen LogP) is 4.81. The molecule has 4 rings (SSSR count). The summed E-state index contributed by atoms with van der Waals surface area (Å²) in [5, 5.41) is 0.537. The summed E-state index contributed by atoms with van der Waals surface area (Å²) in [4.78, 5) is 4.46. The van der Waals surface area contributed by atoms with E-state index in [0.717, 1.165) is 16.6 Å². The second-order valence-corrected chi connectivity index (χ2v) is 5.09. The normalized spacial score (nSPS) is 11.2. The Kier molecular flexibility index (Phi) is 2.51. The van der Waals surface area contributed by atoms with Gasteiger partial charge in [-0.05, 0) is 35.4 Å². The maximum absolute atomic E-state index is 6.20. The molecule has 0 unspecified atom stereocenters. The molecular formula is C17H11ClN2. The van der Waals surface area contributed by atoms with E-state index in [9.17, 15) is 0 Å². The van der Waals surface area contributed by atoms with Crippen molar-refractivity contribution in [2.24, 2.45) is 0 Å². The van der Waals surface area contributed by atoms with Crippen LogP contribution in [-0.2, 0) is 0 Å². The Morgan fingerprint density at radius 2 is 1.65 bits per heavy atom. The van der Waals surface area contributed by atoms with E-state index in [1.165, 1.54) is 11.1 Å². The van der Waals surface area contributed by atoms with Crippen LogP contribution >= 0.6 is 11.6 Å². The highest BCUT2D eigenvalue weighted by atomic mass is 35.5. The largest absolute Gasteiger partial charge is 0.312 e. The Morgan fingerprint density at radius 1 is 0.800 bits per heavy atom. The maximum atomic E-state index is 6.20. The standard InChI is InChI=1S/C17H11ClN2/c18-17-15-7-4-10-20(15)16-11-13(8-9-14(16)19-17)12-5-2-1-3-6-12/h1-11H. The SMILES string of the molecule is Clc1nc2ccc(-c3ccccc3)cc2n2cccc12. The lowest BCUT2D eigenvalue weighted by atomic mass is 10.1. The zero-order valence-electron chi connectivity index (χ0n) is 10.6. The summed E-state index contributed by atoms with van der Waals surface area (Å²) in [6.45, 7) is 0. The lowest BCUT2D eigenvalue weighted by Crippen LogP contribution is -1.91. The van der Waals surface area contributed by atoms with Gasteiger partial charge in [0, 0.05) is 6.20 Å². The van der Waals surface area contributed by atoms with E-state index in [4.69, 9.17) is 11.6 Å². The van der Waals surface area contributed by atoms with Crippen molar-refractivity contribution in [1.29, 1.82) is 0 Å². The molecule has 96 valence electrons. The smallest absolute Gasteiger partial charge is 0.153 e. The Labute approximate surface area is 121 Å². The Morgan fingerprint density at radius 3 is 2.50 bits per heavy atom. The van der Waals surface area contributed by atoms with Gasteiger partial charge in [0.05, 0.1) is 16.6 Å². The van der Waals surface area contributed by atoms with Crippen LogP contribution in [-0.4, -0.2) is 9.38 Å². The highest BCUT2D eigenvalue weighted by Crippen LogP contribution is 2.27. The van der Waals surface area contributed by atoms with Crippen molar-refractivity contribution in [2.45, 2.75) is 0 Å². The molecule has 0 saturated heterocycles. The predicted molar refractivity (Wildman–Crippen MR) is 83.1 cm³/mol. The van der Waals surface area contributed by atoms with Gasteiger partial charge in [0.15, 0.2) is 5.15 Å². The van der Waals surface area contributed by atoms with Crippen LogP contribution < -0.4 is 0 Å². The third kappa shape index (κ3) is 1.69. The van der Waals surface area contributed by atoms with Gasteiger partial charge in [0.1, 0.15) is 0 Å². The van der Waals surface area contributed by atoms with Crippen molar-refractivity contribution in [3.05, 3.63) is 72.0 Å². The fourth-order valence-corrected chi connectivity index (χ4v) is 2.79. The van der Waals surface area contributed by atoms with Crippen molar-refractivity contribution in [1.82, 2.24) is 9.38 Å². The highest BCUT2D eigenvalue weighted by molar-refractivity contribution is 6.33. The molecule has 2 aromatic carbocycles. The Balaban J connectivity index is 2.06. The van der Waals surface area contributed by atoms with Gasteiger partial charge in [-0.1, -0.05) is 48.0 Å². The molecule has 0 spiro atoms. The van der Waals surface area contributed by atoms with E-state index in [1.807, 2.05) is 42.6 Å². The lowest BCUT2D eigenvalue weighted by molar-refractivity contribution is 1.23. The average molecular weight is 279 g/mol. The molecular weight excluding hydrogens is 268 g/mol. The molecule has 0 amide bonds. The van der Waals surface area contributed by atoms with Crippen LogP contribution in [0.2, 0.25) is 5.15 Å². The van der Waals surface area contributed by atoms with Gasteiger partial charge in [0.25, 0.3) is 0 Å². The number of aromatic nitrogens is 2. The number of halogens is 1. The highest BCUT2D eigenvalue weighted by Gasteiger charge is 2.07. The van der Waals surface area contributed by atoms with Crippen LogP contribution in [0, 0.1) is 0 Å². The average Bonchev–Trinajstić information content (AvgIpc) is 2.98. The number of nitrogens with zero attached hydrogens (tertiary/aromatic N) is 2. The first kappa shape index (κ1) is 11.5. The summed E-state index contributed by atoms with van der Waals surface area (Å²) in [7, 11) is 0. The molecule has 20 heavy (non-hydrogen) atoms. The second kappa shape index (κ2) is 4.36. The minimum absolute atomic E-state index is 0.537. The summed E-state index contributed by atoms with van der Waals surface area (Å²) in [5.41, 5.74) is 5.28. The summed E-state index contributed by atoms with van der Waals surface area (Å²) in [6, 6.07) is 20.5. The van der Waals surface area contributed by atoms with Crippen LogP contribution in [0.25, 0.3) is 27.7 Å². The Hall–Kier alpha value is -2.32. The fourth-order valence-electron chi connectivity index (χ4n) is 2.54. The maximum Gasteiger partial charge on any atom is 0.153 e. The van der Waals surface area contributed by atoms with E-state index in [-0.39, 0.29) is 0 Å². The number of rotatable bonds is 1. The number of fused-ring (bicyclic) bond motifs is 3. The van der Waals surface area contributed by atoms with Crippen LogP contribution in [0.5, 0.6) is 0 Å². The molecule has 0 bridgehead atoms. The molecule has 2 nitrogen and oxygen atoms in total. The molecule has 0 aliphatic heterocycles. The van der Waals surface area contributed by atoms with Crippen LogP contribution in [0.1, 0.15) is 0 Å². The van der Waals surface area contributed by atoms with Gasteiger partial charge in [-0.25, -0.2) is 4.98 Å². The van der Waals surface area contributed by atoms with Gasteiger partial charge >= 0.3 is 0 Å². The molecule has 0 aliphatic rings. The third-order valence-electron chi connectivity index (χ3n) is 3.52. The quantitative estimate of drug-likeness (QED) is 0.488. The molecule has 0 fully saturated rings. The minimum Gasteiger partial charge on any atom is -0.312 e. The van der Waals surface area contributed by atoms with E-state index in [0.29, 0.717) is 5.15 Å². The molecule has 2 aromatic heterocycles. The van der Waals surface area contributed by atoms with Crippen molar-refractivity contribution >= 4 is 28.2 Å². The summed E-state index contributed by atoms with van der Waals surface area (Å²) >= 11 is 6.20. The van der Waals surface area contributed by atoms with Gasteiger partial charge < -0.3 is 4.40 Å². The van der Waals surface area contributed by atoms with Crippen LogP contribution in [0.15, 0.2) is 66.9 Å². The zero-order chi connectivity index (χ0) is 13.5. The molecule has 0 N–H and O–H groups in total. The first-order valence-corrected chi connectivity index (χ1v) is 6.82. The molecule has 3 heteroatoms. The first-order chi connectivity index (χ1) is 9.83. The van der Waals surface area contributed by atoms with E-state index < -0.39 is 0 Å². The minimum atomic E-state index is 0.537. The topological polar surface area (TPSA) is 17.3 Å². The van der Waals surface area contributed by atoms with Gasteiger partial charge in [-0.2, -0.15) is 0 Å². The zero-order valence-corrected chi connectivity index (χ0v) is 11.4. The van der Waals surface area contributed by atoms with Crippen molar-refractivity contribution in [2.75, 3.05) is 0 Å². The van der Waals surface area contributed by atoms with Crippen molar-refractivity contribution in [3.63, 3.8) is 0 Å².